The Kier molecular flexibility index (Phi) is 8.80. The maximum atomic E-state index is 13.2. The Morgan fingerprint density at radius 3 is 2.52 bits per heavy atom. The lowest BCUT2D eigenvalue weighted by atomic mass is 10.0. The molecule has 1 aliphatic rings. The molecule has 1 atom stereocenters. The monoisotopic (exact) mass is 377 g/mol. The Bertz CT molecular complexity index is 579. The molecule has 1 saturated heterocycles. The van der Waals surface area contributed by atoms with Crippen LogP contribution in [0.15, 0.2) is 12.1 Å². The van der Waals surface area contributed by atoms with Gasteiger partial charge in [-0.25, -0.2) is 0 Å². The van der Waals surface area contributed by atoms with E-state index in [1.807, 2.05) is 26.8 Å². The number of benzene rings is 1. The molecule has 0 aliphatic carbocycles. The molecule has 0 spiro atoms. The zero-order chi connectivity index (χ0) is 19.0. The van der Waals surface area contributed by atoms with E-state index in [1.54, 1.807) is 6.08 Å². The molecule has 1 fully saturated rings. The normalized spacial score (nSPS) is 18.0. The summed E-state index contributed by atoms with van der Waals surface area (Å²) in [5.74, 6) is 0. The first-order valence-corrected chi connectivity index (χ1v) is 9.17. The van der Waals surface area contributed by atoms with Gasteiger partial charge in [0, 0.05) is 17.9 Å². The van der Waals surface area contributed by atoms with Crippen molar-refractivity contribution in [2.24, 2.45) is 0 Å². The van der Waals surface area contributed by atoms with Crippen molar-refractivity contribution in [1.29, 1.82) is 0 Å². The molecular formula is C19H27ClF3NO. The highest BCUT2D eigenvalue weighted by molar-refractivity contribution is 6.33. The van der Waals surface area contributed by atoms with Crippen LogP contribution in [0, 0.1) is 6.92 Å². The SMILES string of the molecule is CC.CC/C=C/c1c(NC2CCCCO2)cc(C(F)(F)F)c(C)c1Cl. The Morgan fingerprint density at radius 1 is 1.32 bits per heavy atom. The van der Waals surface area contributed by atoms with Gasteiger partial charge in [-0.05, 0) is 44.2 Å². The van der Waals surface area contributed by atoms with Crippen molar-refractivity contribution in [2.75, 3.05) is 11.9 Å². The van der Waals surface area contributed by atoms with E-state index in [2.05, 4.69) is 5.32 Å². The zero-order valence-corrected chi connectivity index (χ0v) is 16.0. The van der Waals surface area contributed by atoms with E-state index in [1.165, 1.54) is 6.92 Å². The van der Waals surface area contributed by atoms with Crippen molar-refractivity contribution in [1.82, 2.24) is 0 Å². The van der Waals surface area contributed by atoms with Crippen LogP contribution in [0.1, 0.15) is 63.1 Å². The molecule has 2 nitrogen and oxygen atoms in total. The number of allylic oxidation sites excluding steroid dienone is 1. The molecule has 1 unspecified atom stereocenters. The number of halogens is 4. The van der Waals surface area contributed by atoms with Gasteiger partial charge in [-0.1, -0.05) is 44.5 Å². The Morgan fingerprint density at radius 2 is 2.00 bits per heavy atom. The number of hydrogen-bond donors (Lipinski definition) is 1. The minimum Gasteiger partial charge on any atom is -0.360 e. The molecule has 25 heavy (non-hydrogen) atoms. The van der Waals surface area contributed by atoms with E-state index in [-0.39, 0.29) is 16.8 Å². The van der Waals surface area contributed by atoms with Crippen LogP contribution in [-0.4, -0.2) is 12.8 Å². The zero-order valence-electron chi connectivity index (χ0n) is 15.3. The van der Waals surface area contributed by atoms with Crippen LogP contribution >= 0.6 is 11.6 Å². The van der Waals surface area contributed by atoms with Gasteiger partial charge in [0.15, 0.2) is 0 Å². The number of anilines is 1. The second-order valence-corrected chi connectivity index (χ2v) is 6.01. The summed E-state index contributed by atoms with van der Waals surface area (Å²) in [6.07, 6.45) is 2.43. The van der Waals surface area contributed by atoms with Gasteiger partial charge in [-0.3, -0.25) is 0 Å². The van der Waals surface area contributed by atoms with Crippen LogP contribution in [0.25, 0.3) is 6.08 Å². The third-order valence-electron chi connectivity index (χ3n) is 3.87. The fourth-order valence-electron chi connectivity index (χ4n) is 2.61. The van der Waals surface area contributed by atoms with E-state index in [4.69, 9.17) is 16.3 Å². The number of rotatable bonds is 4. The number of hydrogen-bond acceptors (Lipinski definition) is 2. The molecule has 0 bridgehead atoms. The van der Waals surface area contributed by atoms with E-state index < -0.39 is 11.7 Å². The third kappa shape index (κ3) is 5.93. The lowest BCUT2D eigenvalue weighted by Crippen LogP contribution is -2.28. The van der Waals surface area contributed by atoms with E-state index >= 15 is 0 Å². The quantitative estimate of drug-likeness (QED) is 0.606. The molecule has 0 radical (unpaired) electrons. The number of ether oxygens (including phenoxy) is 1. The van der Waals surface area contributed by atoms with E-state index in [0.29, 0.717) is 17.9 Å². The smallest absolute Gasteiger partial charge is 0.360 e. The summed E-state index contributed by atoms with van der Waals surface area (Å²) >= 11 is 6.23. The molecule has 1 heterocycles. The molecule has 0 aromatic heterocycles. The largest absolute Gasteiger partial charge is 0.416 e. The first kappa shape index (κ1) is 21.8. The van der Waals surface area contributed by atoms with Crippen molar-refractivity contribution >= 4 is 23.4 Å². The highest BCUT2D eigenvalue weighted by Crippen LogP contribution is 2.40. The molecule has 6 heteroatoms. The average Bonchev–Trinajstić information content (AvgIpc) is 2.59. The van der Waals surface area contributed by atoms with Gasteiger partial charge < -0.3 is 10.1 Å². The van der Waals surface area contributed by atoms with Crippen LogP contribution in [0.3, 0.4) is 0 Å². The van der Waals surface area contributed by atoms with Crippen LogP contribution in [0.5, 0.6) is 0 Å². The summed E-state index contributed by atoms with van der Waals surface area (Å²) in [6.45, 7) is 7.97. The highest BCUT2D eigenvalue weighted by atomic mass is 35.5. The second-order valence-electron chi connectivity index (χ2n) is 5.63. The van der Waals surface area contributed by atoms with E-state index in [0.717, 1.165) is 31.7 Å². The molecule has 0 saturated carbocycles. The van der Waals surface area contributed by atoms with Gasteiger partial charge in [-0.2, -0.15) is 13.2 Å². The molecule has 142 valence electrons. The van der Waals surface area contributed by atoms with Crippen molar-refractivity contribution in [3.05, 3.63) is 33.9 Å². The van der Waals surface area contributed by atoms with Gasteiger partial charge in [0.05, 0.1) is 10.6 Å². The Labute approximate surface area is 153 Å². The lowest BCUT2D eigenvalue weighted by molar-refractivity contribution is -0.138. The minimum absolute atomic E-state index is 0.0463. The maximum Gasteiger partial charge on any atom is 0.416 e. The van der Waals surface area contributed by atoms with Crippen molar-refractivity contribution in [2.45, 2.75) is 65.8 Å². The number of alkyl halides is 3. The highest BCUT2D eigenvalue weighted by Gasteiger charge is 2.34. The third-order valence-corrected chi connectivity index (χ3v) is 4.36. The predicted molar refractivity (Wildman–Crippen MR) is 99.1 cm³/mol. The molecule has 1 aromatic carbocycles. The van der Waals surface area contributed by atoms with Crippen molar-refractivity contribution in [3.63, 3.8) is 0 Å². The van der Waals surface area contributed by atoms with Gasteiger partial charge in [0.25, 0.3) is 0 Å². The first-order valence-electron chi connectivity index (χ1n) is 8.79. The summed E-state index contributed by atoms with van der Waals surface area (Å²) in [5, 5.41) is 3.21. The molecule has 1 aromatic rings. The van der Waals surface area contributed by atoms with E-state index in [9.17, 15) is 13.2 Å². The molecule has 2 rings (SSSR count). The van der Waals surface area contributed by atoms with Crippen LogP contribution in [-0.2, 0) is 10.9 Å². The summed E-state index contributed by atoms with van der Waals surface area (Å²) in [5.41, 5.74) is 0.275. The van der Waals surface area contributed by atoms with Gasteiger partial charge in [-0.15, -0.1) is 0 Å². The molecule has 0 amide bonds. The van der Waals surface area contributed by atoms with Crippen LogP contribution in [0.4, 0.5) is 18.9 Å². The van der Waals surface area contributed by atoms with Gasteiger partial charge in [0.2, 0.25) is 0 Å². The van der Waals surface area contributed by atoms with Crippen molar-refractivity contribution in [3.8, 4) is 0 Å². The predicted octanol–water partition coefficient (Wildman–Crippen LogP) is 7.06. The number of nitrogens with one attached hydrogen (secondary N) is 1. The molecular weight excluding hydrogens is 351 g/mol. The van der Waals surface area contributed by atoms with Crippen molar-refractivity contribution < 1.29 is 17.9 Å². The fourth-order valence-corrected chi connectivity index (χ4v) is 2.88. The minimum atomic E-state index is -4.44. The summed E-state index contributed by atoms with van der Waals surface area (Å²) in [7, 11) is 0. The molecule has 1 N–H and O–H groups in total. The maximum absolute atomic E-state index is 13.2. The van der Waals surface area contributed by atoms with Gasteiger partial charge >= 0.3 is 6.18 Å². The summed E-state index contributed by atoms with van der Waals surface area (Å²) in [4.78, 5) is 0. The Balaban J connectivity index is 0.00000151. The average molecular weight is 378 g/mol. The molecule has 1 aliphatic heterocycles. The topological polar surface area (TPSA) is 21.3 Å². The second kappa shape index (κ2) is 10.1. The van der Waals surface area contributed by atoms with Gasteiger partial charge in [0.1, 0.15) is 6.23 Å². The summed E-state index contributed by atoms with van der Waals surface area (Å²) < 4.78 is 45.3. The standard InChI is InChI=1S/C17H21ClF3NO.C2H6/c1-3-4-7-12-14(22-15-8-5-6-9-23-15)10-13(17(19,20)21)11(2)16(12)18;1-2/h4,7,10,15,22H,3,5-6,8-9H2,1-2H3;1-2H3/b7-4+;. The van der Waals surface area contributed by atoms with Crippen LogP contribution in [0.2, 0.25) is 5.02 Å². The Hall–Kier alpha value is -1.20. The summed E-state index contributed by atoms with van der Waals surface area (Å²) in [6, 6.07) is 1.13. The fraction of sp³-hybridized carbons (Fsp3) is 0.579. The first-order chi connectivity index (χ1) is 11.8. The lowest BCUT2D eigenvalue weighted by Gasteiger charge is -2.26. The van der Waals surface area contributed by atoms with Crippen LogP contribution < -0.4 is 5.32 Å².